The lowest BCUT2D eigenvalue weighted by Crippen LogP contribution is -2.50. The predicted octanol–water partition coefficient (Wildman–Crippen LogP) is 4.00. The Morgan fingerprint density at radius 3 is 2.71 bits per heavy atom. The zero-order chi connectivity index (χ0) is 17.4. The van der Waals surface area contributed by atoms with E-state index in [1.54, 1.807) is 23.1 Å². The molecule has 0 aliphatic carbocycles. The van der Waals surface area contributed by atoms with Crippen molar-refractivity contribution in [3.63, 3.8) is 0 Å². The minimum atomic E-state index is -0.176. The van der Waals surface area contributed by atoms with Gasteiger partial charge in [-0.15, -0.1) is 0 Å². The molecule has 1 aliphatic heterocycles. The second kappa shape index (κ2) is 6.90. The Morgan fingerprint density at radius 1 is 1.21 bits per heavy atom. The van der Waals surface area contributed by atoms with Crippen LogP contribution in [0.5, 0.6) is 0 Å². The Kier molecular flexibility index (Phi) is 5.04. The minimum Gasteiger partial charge on any atom is -0.333 e. The highest BCUT2D eigenvalue weighted by Crippen LogP contribution is 2.26. The third kappa shape index (κ3) is 3.13. The number of fused-ring (bicyclic) bond motifs is 1. The van der Waals surface area contributed by atoms with Crippen LogP contribution in [0.1, 0.15) is 23.0 Å². The van der Waals surface area contributed by atoms with Gasteiger partial charge in [0.25, 0.3) is 11.5 Å². The molecule has 2 aromatic rings. The topological polar surface area (TPSA) is 42.3 Å². The molecule has 4 nitrogen and oxygen atoms in total. The van der Waals surface area contributed by atoms with E-state index < -0.39 is 0 Å². The summed E-state index contributed by atoms with van der Waals surface area (Å²) in [6.07, 6.45) is 0.607. The van der Waals surface area contributed by atoms with Gasteiger partial charge in [0.15, 0.2) is 0 Å². The van der Waals surface area contributed by atoms with E-state index in [4.69, 9.17) is 23.2 Å². The summed E-state index contributed by atoms with van der Waals surface area (Å²) in [5, 5.41) is 1.03. The van der Waals surface area contributed by atoms with Gasteiger partial charge in [-0.1, -0.05) is 35.3 Å². The first kappa shape index (κ1) is 17.5. The lowest BCUT2D eigenvalue weighted by molar-refractivity contribution is 0.0611. The summed E-state index contributed by atoms with van der Waals surface area (Å²) in [7, 11) is 0. The molecule has 1 aromatic heterocycles. The van der Waals surface area contributed by atoms with Gasteiger partial charge in [-0.25, -0.2) is 0 Å². The number of nitrogens with zero attached hydrogens (tertiary/aromatic N) is 2. The quantitative estimate of drug-likeness (QED) is 0.739. The molecule has 0 saturated heterocycles. The van der Waals surface area contributed by atoms with Crippen molar-refractivity contribution in [2.75, 3.05) is 6.54 Å². The van der Waals surface area contributed by atoms with Crippen molar-refractivity contribution < 1.29 is 4.79 Å². The molecular formula is C17H15BrCl2N2O2. The van der Waals surface area contributed by atoms with Gasteiger partial charge in [0.05, 0.1) is 14.5 Å². The molecule has 0 bridgehead atoms. The highest BCUT2D eigenvalue weighted by atomic mass is 79.9. The number of halogens is 3. The molecule has 0 N–H and O–H groups in total. The van der Waals surface area contributed by atoms with Crippen LogP contribution in [-0.4, -0.2) is 28.0 Å². The van der Waals surface area contributed by atoms with E-state index in [1.165, 1.54) is 4.57 Å². The highest BCUT2D eigenvalue weighted by molar-refractivity contribution is 9.10. The number of pyridine rings is 1. The number of hydrogen-bond acceptors (Lipinski definition) is 2. The van der Waals surface area contributed by atoms with Crippen molar-refractivity contribution in [2.24, 2.45) is 0 Å². The van der Waals surface area contributed by atoms with Crippen LogP contribution in [0.15, 0.2) is 39.6 Å². The second-order valence-corrected chi connectivity index (χ2v) is 7.43. The van der Waals surface area contributed by atoms with E-state index in [-0.39, 0.29) is 17.5 Å². The average Bonchev–Trinajstić information content (AvgIpc) is 2.55. The molecule has 0 radical (unpaired) electrons. The molecular weight excluding hydrogens is 415 g/mol. The first-order valence-corrected chi connectivity index (χ1v) is 9.08. The minimum absolute atomic E-state index is 0.0741. The lowest BCUT2D eigenvalue weighted by Gasteiger charge is -2.35. The summed E-state index contributed by atoms with van der Waals surface area (Å²) in [4.78, 5) is 26.7. The molecule has 24 heavy (non-hydrogen) atoms. The second-order valence-electron chi connectivity index (χ2n) is 5.79. The molecule has 126 valence electrons. The molecule has 1 atom stereocenters. The SMILES string of the molecule is CC1Cn2c(ccc(Br)c2=O)C(=O)N1CCc1cccc(Cl)c1Cl. The largest absolute Gasteiger partial charge is 0.333 e. The first-order valence-electron chi connectivity index (χ1n) is 7.53. The van der Waals surface area contributed by atoms with E-state index in [0.29, 0.717) is 39.7 Å². The average molecular weight is 430 g/mol. The van der Waals surface area contributed by atoms with Gasteiger partial charge >= 0.3 is 0 Å². The standard InChI is InChI=1S/C17H15BrCl2N2O2/c1-10-9-22-14(6-5-12(18)16(22)23)17(24)21(10)8-7-11-3-2-4-13(19)15(11)20/h2-6,10H,7-9H2,1H3. The molecule has 1 aromatic carbocycles. The van der Waals surface area contributed by atoms with Gasteiger partial charge in [-0.05, 0) is 53.0 Å². The maximum absolute atomic E-state index is 12.8. The number of rotatable bonds is 3. The van der Waals surface area contributed by atoms with Crippen molar-refractivity contribution in [1.29, 1.82) is 0 Å². The Hall–Kier alpha value is -1.30. The van der Waals surface area contributed by atoms with Crippen molar-refractivity contribution in [3.05, 3.63) is 66.5 Å². The van der Waals surface area contributed by atoms with E-state index in [0.717, 1.165) is 5.56 Å². The van der Waals surface area contributed by atoms with E-state index in [2.05, 4.69) is 15.9 Å². The smallest absolute Gasteiger partial charge is 0.270 e. The molecule has 0 spiro atoms. The van der Waals surface area contributed by atoms with E-state index >= 15 is 0 Å². The third-order valence-electron chi connectivity index (χ3n) is 4.24. The summed E-state index contributed by atoms with van der Waals surface area (Å²) in [5.41, 5.74) is 1.15. The molecule has 3 rings (SSSR count). The number of benzene rings is 1. The van der Waals surface area contributed by atoms with Crippen molar-refractivity contribution in [2.45, 2.75) is 25.9 Å². The monoisotopic (exact) mass is 428 g/mol. The molecule has 1 unspecified atom stereocenters. The predicted molar refractivity (Wildman–Crippen MR) is 99.1 cm³/mol. The lowest BCUT2D eigenvalue weighted by atomic mass is 10.1. The number of carbonyl (C=O) groups excluding carboxylic acids is 1. The maximum atomic E-state index is 12.8. The van der Waals surface area contributed by atoms with E-state index in [9.17, 15) is 9.59 Å². The summed E-state index contributed by atoms with van der Waals surface area (Å²) in [6, 6.07) is 8.71. The van der Waals surface area contributed by atoms with Crippen LogP contribution in [0.3, 0.4) is 0 Å². The van der Waals surface area contributed by atoms with Crippen LogP contribution < -0.4 is 5.56 Å². The number of amides is 1. The van der Waals surface area contributed by atoms with Gasteiger partial charge in [-0.2, -0.15) is 0 Å². The summed E-state index contributed by atoms with van der Waals surface area (Å²) in [5.74, 6) is -0.142. The highest BCUT2D eigenvalue weighted by Gasteiger charge is 2.30. The Labute approximate surface area is 158 Å². The van der Waals surface area contributed by atoms with Gasteiger partial charge in [0, 0.05) is 19.1 Å². The summed E-state index contributed by atoms with van der Waals surface area (Å²) < 4.78 is 1.99. The number of hydrogen-bond donors (Lipinski definition) is 0. The molecule has 1 amide bonds. The Morgan fingerprint density at radius 2 is 1.96 bits per heavy atom. The van der Waals surface area contributed by atoms with Gasteiger partial charge in [-0.3, -0.25) is 9.59 Å². The first-order chi connectivity index (χ1) is 11.4. The van der Waals surface area contributed by atoms with Gasteiger partial charge < -0.3 is 9.47 Å². The maximum Gasteiger partial charge on any atom is 0.270 e. The van der Waals surface area contributed by atoms with Crippen LogP contribution in [0.25, 0.3) is 0 Å². The molecule has 0 saturated carbocycles. The van der Waals surface area contributed by atoms with Crippen LogP contribution in [-0.2, 0) is 13.0 Å². The molecule has 7 heteroatoms. The van der Waals surface area contributed by atoms with Crippen LogP contribution in [0.4, 0.5) is 0 Å². The number of aromatic nitrogens is 1. The third-order valence-corrected chi connectivity index (χ3v) is 5.70. The fraction of sp³-hybridized carbons (Fsp3) is 0.294. The zero-order valence-electron chi connectivity index (χ0n) is 12.9. The van der Waals surface area contributed by atoms with Crippen molar-refractivity contribution in [1.82, 2.24) is 9.47 Å². The fourth-order valence-electron chi connectivity index (χ4n) is 2.93. The van der Waals surface area contributed by atoms with Crippen LogP contribution in [0.2, 0.25) is 10.0 Å². The molecule has 2 heterocycles. The zero-order valence-corrected chi connectivity index (χ0v) is 16.0. The van der Waals surface area contributed by atoms with Crippen molar-refractivity contribution >= 4 is 45.0 Å². The van der Waals surface area contributed by atoms with Crippen LogP contribution >= 0.6 is 39.1 Å². The summed E-state index contributed by atoms with van der Waals surface area (Å²) in [6.45, 7) is 2.93. The Balaban J connectivity index is 1.84. The van der Waals surface area contributed by atoms with Gasteiger partial charge in [0.2, 0.25) is 0 Å². The summed E-state index contributed by atoms with van der Waals surface area (Å²) >= 11 is 15.5. The fourth-order valence-corrected chi connectivity index (χ4v) is 3.69. The van der Waals surface area contributed by atoms with Gasteiger partial charge in [0.1, 0.15) is 5.69 Å². The molecule has 1 aliphatic rings. The Bertz CT molecular complexity index is 866. The van der Waals surface area contributed by atoms with Crippen LogP contribution in [0, 0.1) is 0 Å². The normalized spacial score (nSPS) is 17.1. The molecule has 0 fully saturated rings. The number of carbonyl (C=O) groups is 1. The van der Waals surface area contributed by atoms with Crippen molar-refractivity contribution in [3.8, 4) is 0 Å². The van der Waals surface area contributed by atoms with E-state index in [1.807, 2.05) is 19.1 Å².